The summed E-state index contributed by atoms with van der Waals surface area (Å²) in [6.45, 7) is 4.65. The lowest BCUT2D eigenvalue weighted by Crippen LogP contribution is -2.25. The molecule has 1 amide bonds. The summed E-state index contributed by atoms with van der Waals surface area (Å²) < 4.78 is 38.6. The van der Waals surface area contributed by atoms with Crippen molar-refractivity contribution in [3.8, 4) is 0 Å². The highest BCUT2D eigenvalue weighted by atomic mass is 35.5. The molecule has 5 nitrogen and oxygen atoms in total. The number of carbonyl (C=O) groups is 1. The van der Waals surface area contributed by atoms with Crippen molar-refractivity contribution in [2.45, 2.75) is 26.4 Å². The van der Waals surface area contributed by atoms with Crippen LogP contribution < -0.4 is 10.6 Å². The van der Waals surface area contributed by atoms with E-state index in [0.717, 1.165) is 18.6 Å². The molecule has 1 aromatic heterocycles. The molecule has 0 aliphatic carbocycles. The molecular formula is C17H18ClF3N4O. The number of nitrogens with one attached hydrogen (secondary N) is 2. The molecule has 140 valence electrons. The molecule has 26 heavy (non-hydrogen) atoms. The molecular weight excluding hydrogens is 369 g/mol. The molecule has 0 radical (unpaired) electrons. The molecule has 0 saturated carbocycles. The number of rotatable bonds is 6. The number of amides is 1. The molecule has 2 aromatic rings. The van der Waals surface area contributed by atoms with Gasteiger partial charge in [0.25, 0.3) is 5.91 Å². The third kappa shape index (κ3) is 5.59. The minimum Gasteiger partial charge on any atom is -0.352 e. The Hall–Kier alpha value is -2.35. The maximum absolute atomic E-state index is 12.9. The standard InChI is InChI=1S/C17H18ClF3N4O/c1-10(2)5-6-22-15(26)11-8-23-16(24-9-11)25-12-3-4-14(18)13(7-12)17(19,20)21/h3-4,7-10H,5-6H2,1-2H3,(H,22,26)(H,23,24,25). The monoisotopic (exact) mass is 386 g/mol. The summed E-state index contributed by atoms with van der Waals surface area (Å²) in [5, 5.41) is 5.01. The van der Waals surface area contributed by atoms with Gasteiger partial charge in [0, 0.05) is 24.6 Å². The molecule has 0 aliphatic heterocycles. The van der Waals surface area contributed by atoms with Crippen molar-refractivity contribution in [3.63, 3.8) is 0 Å². The summed E-state index contributed by atoms with van der Waals surface area (Å²) in [5.41, 5.74) is -0.549. The van der Waals surface area contributed by atoms with Crippen LogP contribution in [0.2, 0.25) is 5.02 Å². The van der Waals surface area contributed by atoms with Crippen molar-refractivity contribution in [1.82, 2.24) is 15.3 Å². The van der Waals surface area contributed by atoms with Crippen LogP contribution in [0.3, 0.4) is 0 Å². The van der Waals surface area contributed by atoms with Crippen LogP contribution in [0, 0.1) is 5.92 Å². The van der Waals surface area contributed by atoms with Gasteiger partial charge in [0.15, 0.2) is 0 Å². The summed E-state index contributed by atoms with van der Waals surface area (Å²) in [6, 6.07) is 3.40. The molecule has 2 N–H and O–H groups in total. The van der Waals surface area contributed by atoms with Gasteiger partial charge in [0.2, 0.25) is 5.95 Å². The lowest BCUT2D eigenvalue weighted by atomic mass is 10.1. The van der Waals surface area contributed by atoms with Gasteiger partial charge < -0.3 is 10.6 Å². The van der Waals surface area contributed by atoms with Crippen molar-refractivity contribution in [3.05, 3.63) is 46.7 Å². The number of anilines is 2. The van der Waals surface area contributed by atoms with Gasteiger partial charge in [-0.2, -0.15) is 13.2 Å². The number of nitrogens with zero attached hydrogens (tertiary/aromatic N) is 2. The smallest absolute Gasteiger partial charge is 0.352 e. The van der Waals surface area contributed by atoms with Crippen LogP contribution in [0.25, 0.3) is 0 Å². The van der Waals surface area contributed by atoms with Gasteiger partial charge in [-0.1, -0.05) is 25.4 Å². The molecule has 0 unspecified atom stereocenters. The second kappa shape index (κ2) is 8.35. The van der Waals surface area contributed by atoms with Crippen LogP contribution in [0.15, 0.2) is 30.6 Å². The molecule has 0 spiro atoms. The zero-order valence-electron chi connectivity index (χ0n) is 14.2. The van der Waals surface area contributed by atoms with Gasteiger partial charge in [0.1, 0.15) is 0 Å². The molecule has 0 aliphatic rings. The average Bonchev–Trinajstić information content (AvgIpc) is 2.56. The van der Waals surface area contributed by atoms with E-state index in [1.54, 1.807) is 0 Å². The predicted molar refractivity (Wildman–Crippen MR) is 93.6 cm³/mol. The summed E-state index contributed by atoms with van der Waals surface area (Å²) in [7, 11) is 0. The van der Waals surface area contributed by atoms with Crippen molar-refractivity contribution in [2.75, 3.05) is 11.9 Å². The molecule has 0 saturated heterocycles. The van der Waals surface area contributed by atoms with Crippen molar-refractivity contribution in [1.29, 1.82) is 0 Å². The molecule has 2 rings (SSSR count). The van der Waals surface area contributed by atoms with E-state index in [1.807, 2.05) is 0 Å². The molecule has 1 aromatic carbocycles. The van der Waals surface area contributed by atoms with E-state index in [2.05, 4.69) is 34.4 Å². The van der Waals surface area contributed by atoms with Crippen molar-refractivity contribution < 1.29 is 18.0 Å². The second-order valence-electron chi connectivity index (χ2n) is 6.05. The van der Waals surface area contributed by atoms with E-state index in [9.17, 15) is 18.0 Å². The van der Waals surface area contributed by atoms with Gasteiger partial charge in [0.05, 0.1) is 16.1 Å². The number of alkyl halides is 3. The topological polar surface area (TPSA) is 66.9 Å². The Labute approximate surface area is 154 Å². The zero-order chi connectivity index (χ0) is 19.3. The van der Waals surface area contributed by atoms with E-state index < -0.39 is 16.8 Å². The summed E-state index contributed by atoms with van der Waals surface area (Å²) >= 11 is 5.58. The van der Waals surface area contributed by atoms with Gasteiger partial charge >= 0.3 is 6.18 Å². The first-order chi connectivity index (χ1) is 12.2. The van der Waals surface area contributed by atoms with Crippen molar-refractivity contribution in [2.24, 2.45) is 5.92 Å². The number of hydrogen-bond donors (Lipinski definition) is 2. The third-order valence-corrected chi connectivity index (χ3v) is 3.78. The first-order valence-electron chi connectivity index (χ1n) is 7.91. The maximum Gasteiger partial charge on any atom is 0.417 e. The number of hydrogen-bond acceptors (Lipinski definition) is 4. The summed E-state index contributed by atoms with van der Waals surface area (Å²) in [6.07, 6.45) is -1.10. The SMILES string of the molecule is CC(C)CCNC(=O)c1cnc(Nc2ccc(Cl)c(C(F)(F)F)c2)nc1. The Kier molecular flexibility index (Phi) is 6.42. The van der Waals surface area contributed by atoms with Crippen LogP contribution in [-0.4, -0.2) is 22.4 Å². The Morgan fingerprint density at radius 1 is 1.23 bits per heavy atom. The minimum atomic E-state index is -4.56. The largest absolute Gasteiger partial charge is 0.417 e. The maximum atomic E-state index is 12.9. The Balaban J connectivity index is 2.04. The third-order valence-electron chi connectivity index (χ3n) is 3.45. The van der Waals surface area contributed by atoms with Crippen LogP contribution in [-0.2, 0) is 6.18 Å². The predicted octanol–water partition coefficient (Wildman–Crippen LogP) is 4.67. The van der Waals surface area contributed by atoms with Crippen LogP contribution >= 0.6 is 11.6 Å². The number of aromatic nitrogens is 2. The van der Waals surface area contributed by atoms with Crippen molar-refractivity contribution >= 4 is 29.1 Å². The van der Waals surface area contributed by atoms with Gasteiger partial charge in [-0.25, -0.2) is 9.97 Å². The lowest BCUT2D eigenvalue weighted by Gasteiger charge is -2.12. The highest BCUT2D eigenvalue weighted by Gasteiger charge is 2.33. The van der Waals surface area contributed by atoms with Gasteiger partial charge in [-0.3, -0.25) is 4.79 Å². The van der Waals surface area contributed by atoms with E-state index in [1.165, 1.54) is 18.5 Å². The fourth-order valence-electron chi connectivity index (χ4n) is 2.04. The fourth-order valence-corrected chi connectivity index (χ4v) is 2.26. The van der Waals surface area contributed by atoms with Crippen LogP contribution in [0.4, 0.5) is 24.8 Å². The lowest BCUT2D eigenvalue weighted by molar-refractivity contribution is -0.137. The fraction of sp³-hybridized carbons (Fsp3) is 0.353. The molecule has 9 heteroatoms. The zero-order valence-corrected chi connectivity index (χ0v) is 14.9. The summed E-state index contributed by atoms with van der Waals surface area (Å²) in [5.74, 6) is 0.237. The van der Waals surface area contributed by atoms with E-state index in [0.29, 0.717) is 12.5 Å². The highest BCUT2D eigenvalue weighted by molar-refractivity contribution is 6.31. The minimum absolute atomic E-state index is 0.0687. The van der Waals surface area contributed by atoms with E-state index >= 15 is 0 Å². The Morgan fingerprint density at radius 3 is 2.46 bits per heavy atom. The summed E-state index contributed by atoms with van der Waals surface area (Å²) in [4.78, 5) is 19.8. The number of benzene rings is 1. The average molecular weight is 387 g/mol. The normalized spacial score (nSPS) is 11.5. The molecule has 0 bridgehead atoms. The Morgan fingerprint density at radius 2 is 1.88 bits per heavy atom. The van der Waals surface area contributed by atoms with Gasteiger partial charge in [-0.15, -0.1) is 0 Å². The second-order valence-corrected chi connectivity index (χ2v) is 6.46. The molecule has 0 fully saturated rings. The quantitative estimate of drug-likeness (QED) is 0.757. The first kappa shape index (κ1) is 20.0. The number of carbonyl (C=O) groups excluding carboxylic acids is 1. The highest BCUT2D eigenvalue weighted by Crippen LogP contribution is 2.36. The first-order valence-corrected chi connectivity index (χ1v) is 8.28. The van der Waals surface area contributed by atoms with Crippen LogP contribution in [0.1, 0.15) is 36.2 Å². The van der Waals surface area contributed by atoms with E-state index in [4.69, 9.17) is 11.6 Å². The number of halogens is 4. The van der Waals surface area contributed by atoms with E-state index in [-0.39, 0.29) is 23.1 Å². The van der Waals surface area contributed by atoms with Gasteiger partial charge in [-0.05, 0) is 30.5 Å². The molecule has 1 heterocycles. The van der Waals surface area contributed by atoms with Crippen LogP contribution in [0.5, 0.6) is 0 Å². The Bertz CT molecular complexity index is 764. The molecule has 0 atom stereocenters.